The molecule has 0 fully saturated rings. The number of anilines is 1. The number of hydrogen-bond acceptors (Lipinski definition) is 3. The van der Waals surface area contributed by atoms with E-state index in [0.29, 0.717) is 0 Å². The lowest BCUT2D eigenvalue weighted by Gasteiger charge is -2.25. The lowest BCUT2D eigenvalue weighted by molar-refractivity contribution is 0.350. The van der Waals surface area contributed by atoms with Crippen molar-refractivity contribution in [3.63, 3.8) is 0 Å². The van der Waals surface area contributed by atoms with Gasteiger partial charge in [-0.1, -0.05) is 13.8 Å². The van der Waals surface area contributed by atoms with E-state index in [2.05, 4.69) is 47.0 Å². The predicted molar refractivity (Wildman–Crippen MR) is 77.2 cm³/mol. The number of halogens is 1. The molecule has 1 rings (SSSR count). The van der Waals surface area contributed by atoms with Gasteiger partial charge in [-0.3, -0.25) is 0 Å². The summed E-state index contributed by atoms with van der Waals surface area (Å²) in [4.78, 5) is 4.34. The number of pyridine rings is 1. The van der Waals surface area contributed by atoms with Gasteiger partial charge in [0.2, 0.25) is 0 Å². The summed E-state index contributed by atoms with van der Waals surface area (Å²) in [6.45, 7) is 8.23. The molecule has 17 heavy (non-hydrogen) atoms. The Morgan fingerprint density at radius 1 is 1.47 bits per heavy atom. The molecular weight excluding hydrogens is 278 g/mol. The first-order valence-corrected chi connectivity index (χ1v) is 6.80. The largest absolute Gasteiger partial charge is 0.369 e. The summed E-state index contributed by atoms with van der Waals surface area (Å²) in [6.07, 6.45) is 4.02. The minimum atomic E-state index is 0.240. The molecule has 0 unspecified atom stereocenters. The van der Waals surface area contributed by atoms with Crippen LogP contribution in [0.5, 0.6) is 0 Å². The summed E-state index contributed by atoms with van der Waals surface area (Å²) in [5.74, 6) is 0.922. The van der Waals surface area contributed by atoms with Crippen LogP contribution in [0, 0.1) is 12.3 Å². The average Bonchev–Trinajstić information content (AvgIpc) is 2.29. The Kier molecular flexibility index (Phi) is 5.40. The molecule has 0 amide bonds. The van der Waals surface area contributed by atoms with Gasteiger partial charge in [0.05, 0.1) is 4.47 Å². The van der Waals surface area contributed by atoms with Crippen LogP contribution >= 0.6 is 15.9 Å². The maximum atomic E-state index is 5.55. The fraction of sp³-hybridized carbons (Fsp3) is 0.615. The van der Waals surface area contributed by atoms with E-state index in [9.17, 15) is 0 Å². The van der Waals surface area contributed by atoms with Crippen molar-refractivity contribution in [1.29, 1.82) is 0 Å². The first kappa shape index (κ1) is 14.5. The van der Waals surface area contributed by atoms with Gasteiger partial charge >= 0.3 is 0 Å². The molecule has 0 spiro atoms. The second-order valence-corrected chi connectivity index (χ2v) is 5.99. The smallest absolute Gasteiger partial charge is 0.140 e. The van der Waals surface area contributed by atoms with Crippen molar-refractivity contribution in [2.24, 2.45) is 11.1 Å². The Morgan fingerprint density at radius 3 is 2.82 bits per heavy atom. The Labute approximate surface area is 112 Å². The molecule has 0 saturated heterocycles. The molecule has 0 aliphatic heterocycles. The lowest BCUT2D eigenvalue weighted by Crippen LogP contribution is -2.24. The van der Waals surface area contributed by atoms with Gasteiger partial charge in [0.25, 0.3) is 0 Å². The second-order valence-electron chi connectivity index (χ2n) is 5.20. The Hall–Kier alpha value is -0.610. The number of aryl methyl sites for hydroxylation is 1. The van der Waals surface area contributed by atoms with Crippen molar-refractivity contribution >= 4 is 21.7 Å². The third kappa shape index (κ3) is 4.64. The van der Waals surface area contributed by atoms with Gasteiger partial charge < -0.3 is 11.1 Å². The standard InChI is InChI=1S/C13H22BrN3/c1-10-5-8-16-12(11(10)14)17-9-13(2,3)6-4-7-15/h5,8H,4,6-7,9,15H2,1-3H3,(H,16,17). The monoisotopic (exact) mass is 299 g/mol. The summed E-state index contributed by atoms with van der Waals surface area (Å²) >= 11 is 3.56. The second kappa shape index (κ2) is 6.36. The predicted octanol–water partition coefficient (Wildman–Crippen LogP) is 3.33. The van der Waals surface area contributed by atoms with Crippen LogP contribution in [0.2, 0.25) is 0 Å². The molecule has 3 nitrogen and oxygen atoms in total. The average molecular weight is 300 g/mol. The van der Waals surface area contributed by atoms with Crippen LogP contribution in [0.3, 0.4) is 0 Å². The SMILES string of the molecule is Cc1ccnc(NCC(C)(C)CCCN)c1Br. The van der Waals surface area contributed by atoms with Gasteiger partial charge in [0.15, 0.2) is 0 Å². The van der Waals surface area contributed by atoms with Crippen LogP contribution in [0.1, 0.15) is 32.3 Å². The fourth-order valence-electron chi connectivity index (χ4n) is 1.66. The van der Waals surface area contributed by atoms with E-state index < -0.39 is 0 Å². The maximum Gasteiger partial charge on any atom is 0.140 e. The highest BCUT2D eigenvalue weighted by Crippen LogP contribution is 2.26. The van der Waals surface area contributed by atoms with E-state index in [1.165, 1.54) is 5.56 Å². The molecule has 0 bridgehead atoms. The van der Waals surface area contributed by atoms with Crippen molar-refractivity contribution in [1.82, 2.24) is 4.98 Å². The van der Waals surface area contributed by atoms with Crippen LogP contribution in [-0.2, 0) is 0 Å². The van der Waals surface area contributed by atoms with Crippen molar-refractivity contribution in [2.45, 2.75) is 33.6 Å². The Morgan fingerprint density at radius 2 is 2.18 bits per heavy atom. The van der Waals surface area contributed by atoms with Crippen LogP contribution in [-0.4, -0.2) is 18.1 Å². The minimum Gasteiger partial charge on any atom is -0.369 e. The first-order chi connectivity index (χ1) is 7.96. The molecule has 0 radical (unpaired) electrons. The topological polar surface area (TPSA) is 50.9 Å². The molecule has 0 saturated carbocycles. The van der Waals surface area contributed by atoms with Crippen molar-refractivity contribution < 1.29 is 0 Å². The zero-order valence-corrected chi connectivity index (χ0v) is 12.5. The van der Waals surface area contributed by atoms with Gasteiger partial charge in [-0.25, -0.2) is 4.98 Å². The van der Waals surface area contributed by atoms with Crippen molar-refractivity contribution in [3.8, 4) is 0 Å². The normalized spacial score (nSPS) is 11.6. The summed E-state index contributed by atoms with van der Waals surface area (Å²) in [6, 6.07) is 1.99. The molecule has 0 aliphatic carbocycles. The number of aromatic nitrogens is 1. The van der Waals surface area contributed by atoms with Crippen molar-refractivity contribution in [3.05, 3.63) is 22.3 Å². The number of hydrogen-bond donors (Lipinski definition) is 2. The minimum absolute atomic E-state index is 0.240. The van der Waals surface area contributed by atoms with Gasteiger partial charge in [-0.2, -0.15) is 0 Å². The van der Waals surface area contributed by atoms with Crippen molar-refractivity contribution in [2.75, 3.05) is 18.4 Å². The highest BCUT2D eigenvalue weighted by atomic mass is 79.9. The third-order valence-corrected chi connectivity index (χ3v) is 3.88. The van der Waals surface area contributed by atoms with Gasteiger partial charge in [0, 0.05) is 12.7 Å². The molecule has 4 heteroatoms. The van der Waals surface area contributed by atoms with E-state index in [0.717, 1.165) is 36.2 Å². The third-order valence-electron chi connectivity index (χ3n) is 2.87. The molecule has 0 aliphatic rings. The Balaban J connectivity index is 2.58. The molecule has 3 N–H and O–H groups in total. The van der Waals surface area contributed by atoms with Gasteiger partial charge in [-0.15, -0.1) is 0 Å². The molecule has 1 aromatic heterocycles. The van der Waals surface area contributed by atoms with Gasteiger partial charge in [0.1, 0.15) is 5.82 Å². The molecule has 1 heterocycles. The number of nitrogens with zero attached hydrogens (tertiary/aromatic N) is 1. The van der Waals surface area contributed by atoms with Crippen LogP contribution in [0.15, 0.2) is 16.7 Å². The molecule has 0 aromatic carbocycles. The molecular formula is C13H22BrN3. The van der Waals surface area contributed by atoms with E-state index >= 15 is 0 Å². The van der Waals surface area contributed by atoms with E-state index in [-0.39, 0.29) is 5.41 Å². The number of nitrogens with one attached hydrogen (secondary N) is 1. The van der Waals surface area contributed by atoms with Crippen LogP contribution in [0.25, 0.3) is 0 Å². The fourth-order valence-corrected chi connectivity index (χ4v) is 2.03. The number of nitrogens with two attached hydrogens (primary N) is 1. The quantitative estimate of drug-likeness (QED) is 0.847. The zero-order chi connectivity index (χ0) is 12.9. The van der Waals surface area contributed by atoms with E-state index in [1.54, 1.807) is 0 Å². The van der Waals surface area contributed by atoms with Gasteiger partial charge in [-0.05, 0) is 59.3 Å². The molecule has 96 valence electrons. The highest BCUT2D eigenvalue weighted by Gasteiger charge is 2.17. The Bertz CT molecular complexity index is 364. The maximum absolute atomic E-state index is 5.55. The summed E-state index contributed by atoms with van der Waals surface area (Å²) in [7, 11) is 0. The zero-order valence-electron chi connectivity index (χ0n) is 10.9. The van der Waals surface area contributed by atoms with Crippen LogP contribution in [0.4, 0.5) is 5.82 Å². The lowest BCUT2D eigenvalue weighted by atomic mass is 9.88. The summed E-state index contributed by atoms with van der Waals surface area (Å²) < 4.78 is 1.05. The number of rotatable bonds is 6. The van der Waals surface area contributed by atoms with E-state index in [1.807, 2.05) is 12.3 Å². The summed E-state index contributed by atoms with van der Waals surface area (Å²) in [5, 5.41) is 3.40. The first-order valence-electron chi connectivity index (χ1n) is 6.01. The molecule has 1 aromatic rings. The van der Waals surface area contributed by atoms with Crippen LogP contribution < -0.4 is 11.1 Å². The highest BCUT2D eigenvalue weighted by molar-refractivity contribution is 9.10. The summed E-state index contributed by atoms with van der Waals surface area (Å²) in [5.41, 5.74) is 6.98. The van der Waals surface area contributed by atoms with E-state index in [4.69, 9.17) is 5.73 Å². The molecule has 0 atom stereocenters.